The van der Waals surface area contributed by atoms with Gasteiger partial charge in [-0.3, -0.25) is 0 Å². The zero-order valence-electron chi connectivity index (χ0n) is 11.8. The molecule has 0 saturated heterocycles. The number of benzene rings is 2. The highest BCUT2D eigenvalue weighted by Gasteiger charge is 2.47. The van der Waals surface area contributed by atoms with E-state index in [1.54, 1.807) is 22.3 Å². The zero-order chi connectivity index (χ0) is 13.6. The molecule has 20 heavy (non-hydrogen) atoms. The van der Waals surface area contributed by atoms with Crippen LogP contribution in [0.15, 0.2) is 48.5 Å². The molecule has 3 aliphatic rings. The topological polar surface area (TPSA) is 26.0 Å². The average Bonchev–Trinajstić information content (AvgIpc) is 2.54. The highest BCUT2D eigenvalue weighted by molar-refractivity contribution is 5.58. The molecule has 0 fully saturated rings. The molecule has 5 rings (SSSR count). The van der Waals surface area contributed by atoms with Crippen molar-refractivity contribution in [3.05, 3.63) is 70.8 Å². The molecule has 0 aromatic heterocycles. The van der Waals surface area contributed by atoms with Gasteiger partial charge in [0.1, 0.15) is 0 Å². The van der Waals surface area contributed by atoms with Gasteiger partial charge >= 0.3 is 0 Å². The Morgan fingerprint density at radius 1 is 0.950 bits per heavy atom. The van der Waals surface area contributed by atoms with Gasteiger partial charge in [0, 0.05) is 11.3 Å². The molecule has 3 aliphatic carbocycles. The number of hydrogen-bond donors (Lipinski definition) is 1. The van der Waals surface area contributed by atoms with Crippen LogP contribution in [-0.2, 0) is 5.41 Å². The molecular weight excluding hydrogens is 242 g/mol. The van der Waals surface area contributed by atoms with Crippen molar-refractivity contribution in [2.24, 2.45) is 5.73 Å². The summed E-state index contributed by atoms with van der Waals surface area (Å²) in [5.41, 5.74) is 12.3. The van der Waals surface area contributed by atoms with E-state index in [4.69, 9.17) is 5.73 Å². The second-order valence-electron chi connectivity index (χ2n) is 6.24. The van der Waals surface area contributed by atoms with E-state index in [9.17, 15) is 0 Å². The molecule has 1 heteroatoms. The predicted octanol–water partition coefficient (Wildman–Crippen LogP) is 3.95. The van der Waals surface area contributed by atoms with Crippen LogP contribution >= 0.6 is 0 Å². The largest absolute Gasteiger partial charge is 0.330 e. The lowest BCUT2D eigenvalue weighted by Gasteiger charge is -2.49. The van der Waals surface area contributed by atoms with E-state index < -0.39 is 0 Å². The molecule has 0 saturated carbocycles. The van der Waals surface area contributed by atoms with Crippen molar-refractivity contribution in [1.29, 1.82) is 0 Å². The number of fused-ring (bicyclic) bond motifs is 1. The van der Waals surface area contributed by atoms with Gasteiger partial charge in [-0.1, -0.05) is 48.5 Å². The Labute approximate surface area is 120 Å². The van der Waals surface area contributed by atoms with Gasteiger partial charge in [-0.2, -0.15) is 0 Å². The Kier molecular flexibility index (Phi) is 2.71. The highest BCUT2D eigenvalue weighted by atomic mass is 14.5. The molecule has 2 bridgehead atoms. The summed E-state index contributed by atoms with van der Waals surface area (Å²) >= 11 is 0. The summed E-state index contributed by atoms with van der Waals surface area (Å²) < 4.78 is 0. The standard InChI is InChI=1S/C19H21N/c20-13-5-11-19-12-10-14(15-6-1-3-8-17(15)19)16-7-2-4-9-18(16)19/h1-4,6-9,14H,5,10-13,20H2. The minimum Gasteiger partial charge on any atom is -0.330 e. The van der Waals surface area contributed by atoms with Gasteiger partial charge in [-0.15, -0.1) is 0 Å². The second-order valence-corrected chi connectivity index (χ2v) is 6.24. The summed E-state index contributed by atoms with van der Waals surface area (Å²) in [6.07, 6.45) is 4.86. The summed E-state index contributed by atoms with van der Waals surface area (Å²) in [5, 5.41) is 0. The molecule has 0 aliphatic heterocycles. The summed E-state index contributed by atoms with van der Waals surface area (Å²) in [5.74, 6) is 0.613. The SMILES string of the molecule is NCCCC12CCC(c3ccccc31)c1ccccc12. The Balaban J connectivity index is 1.97. The summed E-state index contributed by atoms with van der Waals surface area (Å²) in [6, 6.07) is 18.2. The molecule has 2 aromatic carbocycles. The highest BCUT2D eigenvalue weighted by Crippen LogP contribution is 2.57. The van der Waals surface area contributed by atoms with Crippen LogP contribution in [0.4, 0.5) is 0 Å². The third kappa shape index (κ3) is 1.47. The molecule has 0 amide bonds. The van der Waals surface area contributed by atoms with Gasteiger partial charge in [0.05, 0.1) is 0 Å². The van der Waals surface area contributed by atoms with E-state index in [1.165, 1.54) is 19.3 Å². The first-order valence-electron chi connectivity index (χ1n) is 7.76. The maximum atomic E-state index is 5.81. The van der Waals surface area contributed by atoms with Crippen LogP contribution in [0.5, 0.6) is 0 Å². The van der Waals surface area contributed by atoms with E-state index in [-0.39, 0.29) is 5.41 Å². The quantitative estimate of drug-likeness (QED) is 0.891. The molecular formula is C19H21N. The fourth-order valence-electron chi connectivity index (χ4n) is 4.56. The van der Waals surface area contributed by atoms with Gasteiger partial charge in [-0.05, 0) is 54.5 Å². The fraction of sp³-hybridized carbons (Fsp3) is 0.368. The van der Waals surface area contributed by atoms with E-state index >= 15 is 0 Å². The van der Waals surface area contributed by atoms with E-state index in [2.05, 4.69) is 48.5 Å². The van der Waals surface area contributed by atoms with Gasteiger partial charge in [-0.25, -0.2) is 0 Å². The van der Waals surface area contributed by atoms with E-state index in [0.29, 0.717) is 5.92 Å². The molecule has 102 valence electrons. The Bertz CT molecular complexity index is 596. The van der Waals surface area contributed by atoms with Crippen molar-refractivity contribution >= 4 is 0 Å². The Morgan fingerprint density at radius 2 is 1.55 bits per heavy atom. The lowest BCUT2D eigenvalue weighted by molar-refractivity contribution is 0.344. The van der Waals surface area contributed by atoms with Crippen LogP contribution in [0.3, 0.4) is 0 Å². The van der Waals surface area contributed by atoms with E-state index in [1.807, 2.05) is 0 Å². The normalized spacial score (nSPS) is 26.1. The number of hydrogen-bond acceptors (Lipinski definition) is 1. The molecule has 1 nitrogen and oxygen atoms in total. The molecule has 0 heterocycles. The lowest BCUT2D eigenvalue weighted by Crippen LogP contribution is -2.40. The molecule has 2 aromatic rings. The van der Waals surface area contributed by atoms with Crippen molar-refractivity contribution in [3.8, 4) is 0 Å². The molecule has 0 radical (unpaired) electrons. The van der Waals surface area contributed by atoms with Crippen molar-refractivity contribution in [2.45, 2.75) is 37.0 Å². The van der Waals surface area contributed by atoms with Crippen molar-refractivity contribution in [2.75, 3.05) is 6.54 Å². The van der Waals surface area contributed by atoms with Crippen LogP contribution in [0.2, 0.25) is 0 Å². The minimum atomic E-state index is 0.224. The minimum absolute atomic E-state index is 0.224. The van der Waals surface area contributed by atoms with Gasteiger partial charge in [0.2, 0.25) is 0 Å². The Morgan fingerprint density at radius 3 is 2.15 bits per heavy atom. The maximum Gasteiger partial charge on any atom is 0.0209 e. The van der Waals surface area contributed by atoms with Crippen LogP contribution in [0.25, 0.3) is 0 Å². The average molecular weight is 263 g/mol. The van der Waals surface area contributed by atoms with Gasteiger partial charge in [0.25, 0.3) is 0 Å². The number of nitrogens with two attached hydrogens (primary N) is 1. The fourth-order valence-corrected chi connectivity index (χ4v) is 4.56. The first-order chi connectivity index (χ1) is 9.87. The van der Waals surface area contributed by atoms with Crippen molar-refractivity contribution < 1.29 is 0 Å². The molecule has 0 atom stereocenters. The van der Waals surface area contributed by atoms with Crippen LogP contribution in [0, 0.1) is 0 Å². The van der Waals surface area contributed by atoms with Gasteiger partial charge < -0.3 is 5.73 Å². The summed E-state index contributed by atoms with van der Waals surface area (Å²) in [6.45, 7) is 0.787. The van der Waals surface area contributed by atoms with Crippen molar-refractivity contribution in [3.63, 3.8) is 0 Å². The number of rotatable bonds is 3. The monoisotopic (exact) mass is 263 g/mol. The smallest absolute Gasteiger partial charge is 0.0209 e. The predicted molar refractivity (Wildman–Crippen MR) is 83.0 cm³/mol. The van der Waals surface area contributed by atoms with Crippen LogP contribution in [0.1, 0.15) is 53.9 Å². The molecule has 0 unspecified atom stereocenters. The van der Waals surface area contributed by atoms with Crippen molar-refractivity contribution in [1.82, 2.24) is 0 Å². The van der Waals surface area contributed by atoms with E-state index in [0.717, 1.165) is 13.0 Å². The summed E-state index contributed by atoms with van der Waals surface area (Å²) in [4.78, 5) is 0. The van der Waals surface area contributed by atoms with Gasteiger partial charge in [0.15, 0.2) is 0 Å². The van der Waals surface area contributed by atoms with Crippen LogP contribution in [-0.4, -0.2) is 6.54 Å². The molecule has 2 N–H and O–H groups in total. The Hall–Kier alpha value is -1.60. The third-order valence-corrected chi connectivity index (χ3v) is 5.37. The van der Waals surface area contributed by atoms with Crippen LogP contribution < -0.4 is 5.73 Å². The second kappa shape index (κ2) is 4.46. The molecule has 0 spiro atoms. The maximum absolute atomic E-state index is 5.81. The zero-order valence-corrected chi connectivity index (χ0v) is 11.8. The lowest BCUT2D eigenvalue weighted by atomic mass is 9.54. The third-order valence-electron chi connectivity index (χ3n) is 5.37. The first-order valence-corrected chi connectivity index (χ1v) is 7.76. The summed E-state index contributed by atoms with van der Waals surface area (Å²) in [7, 11) is 0. The first kappa shape index (κ1) is 12.2.